The standard InChI is InChI=1S/C24H26N2O3/c27-24(23-12-6-14-28-23)25-16-20-8-5-13-26(18-20)17-19-7-4-11-22(15-19)29-21-9-2-1-3-10-21/h1-4,6-7,9-12,14-15,20H,5,8,13,16-18H2,(H,25,27)/t20-/m1/s1. The summed E-state index contributed by atoms with van der Waals surface area (Å²) in [6, 6.07) is 21.5. The summed E-state index contributed by atoms with van der Waals surface area (Å²) in [6.07, 6.45) is 3.79. The average molecular weight is 390 g/mol. The van der Waals surface area contributed by atoms with E-state index in [0.29, 0.717) is 18.2 Å². The first kappa shape index (κ1) is 19.3. The van der Waals surface area contributed by atoms with E-state index < -0.39 is 0 Å². The molecule has 1 amide bonds. The van der Waals surface area contributed by atoms with Gasteiger partial charge in [-0.25, -0.2) is 0 Å². The van der Waals surface area contributed by atoms with Crippen molar-refractivity contribution in [3.63, 3.8) is 0 Å². The third kappa shape index (κ3) is 5.48. The molecular weight excluding hydrogens is 364 g/mol. The van der Waals surface area contributed by atoms with Gasteiger partial charge in [0.1, 0.15) is 11.5 Å². The minimum absolute atomic E-state index is 0.141. The van der Waals surface area contributed by atoms with Gasteiger partial charge in [0.2, 0.25) is 0 Å². The summed E-state index contributed by atoms with van der Waals surface area (Å²) in [6.45, 7) is 3.61. The van der Waals surface area contributed by atoms with Crippen molar-refractivity contribution in [2.24, 2.45) is 5.92 Å². The second-order valence-electron chi connectivity index (χ2n) is 7.49. The van der Waals surface area contributed by atoms with Crippen molar-refractivity contribution in [2.45, 2.75) is 19.4 Å². The number of hydrogen-bond donors (Lipinski definition) is 1. The van der Waals surface area contributed by atoms with Gasteiger partial charge in [0, 0.05) is 19.6 Å². The van der Waals surface area contributed by atoms with Gasteiger partial charge in [-0.1, -0.05) is 30.3 Å². The molecule has 29 heavy (non-hydrogen) atoms. The largest absolute Gasteiger partial charge is 0.459 e. The van der Waals surface area contributed by atoms with Crippen LogP contribution in [-0.2, 0) is 6.54 Å². The van der Waals surface area contributed by atoms with Crippen LogP contribution in [-0.4, -0.2) is 30.4 Å². The number of carbonyl (C=O) groups excluding carboxylic acids is 1. The molecule has 1 fully saturated rings. The van der Waals surface area contributed by atoms with Crippen LogP contribution >= 0.6 is 0 Å². The maximum atomic E-state index is 12.1. The summed E-state index contributed by atoms with van der Waals surface area (Å²) in [5, 5.41) is 3.00. The van der Waals surface area contributed by atoms with Gasteiger partial charge in [-0.05, 0) is 67.3 Å². The lowest BCUT2D eigenvalue weighted by atomic mass is 9.97. The Bertz CT molecular complexity index is 909. The lowest BCUT2D eigenvalue weighted by Gasteiger charge is -2.32. The Morgan fingerprint density at radius 3 is 2.76 bits per heavy atom. The number of rotatable bonds is 7. The van der Waals surface area contributed by atoms with Gasteiger partial charge in [-0.15, -0.1) is 0 Å². The second-order valence-corrected chi connectivity index (χ2v) is 7.49. The first-order valence-corrected chi connectivity index (χ1v) is 10.1. The zero-order valence-electron chi connectivity index (χ0n) is 16.4. The number of likely N-dealkylation sites (tertiary alicyclic amines) is 1. The summed E-state index contributed by atoms with van der Waals surface area (Å²) in [7, 11) is 0. The van der Waals surface area contributed by atoms with E-state index in [0.717, 1.165) is 44.0 Å². The Labute approximate surface area is 171 Å². The van der Waals surface area contributed by atoms with Gasteiger partial charge in [-0.2, -0.15) is 0 Å². The van der Waals surface area contributed by atoms with Crippen molar-refractivity contribution in [3.05, 3.63) is 84.3 Å². The SMILES string of the molecule is O=C(NC[C@H]1CCCN(Cc2cccc(Oc3ccccc3)c2)C1)c1ccco1. The van der Waals surface area contributed by atoms with Crippen LogP contribution in [0.5, 0.6) is 11.5 Å². The Kier molecular flexibility index (Phi) is 6.27. The minimum Gasteiger partial charge on any atom is -0.459 e. The summed E-state index contributed by atoms with van der Waals surface area (Å²) < 4.78 is 11.1. The van der Waals surface area contributed by atoms with Crippen molar-refractivity contribution in [1.29, 1.82) is 0 Å². The van der Waals surface area contributed by atoms with E-state index >= 15 is 0 Å². The Morgan fingerprint density at radius 2 is 1.93 bits per heavy atom. The van der Waals surface area contributed by atoms with E-state index in [-0.39, 0.29) is 5.91 Å². The molecule has 1 atom stereocenters. The predicted octanol–water partition coefficient (Wildman–Crippen LogP) is 4.71. The van der Waals surface area contributed by atoms with Crippen LogP contribution in [0.25, 0.3) is 0 Å². The van der Waals surface area contributed by atoms with Crippen molar-refractivity contribution in [1.82, 2.24) is 10.2 Å². The number of benzene rings is 2. The molecule has 5 nitrogen and oxygen atoms in total. The minimum atomic E-state index is -0.141. The van der Waals surface area contributed by atoms with Crippen molar-refractivity contribution in [2.75, 3.05) is 19.6 Å². The van der Waals surface area contributed by atoms with E-state index in [9.17, 15) is 4.79 Å². The number of nitrogens with one attached hydrogen (secondary N) is 1. The van der Waals surface area contributed by atoms with Gasteiger partial charge < -0.3 is 14.5 Å². The quantitative estimate of drug-likeness (QED) is 0.635. The number of hydrogen-bond acceptors (Lipinski definition) is 4. The molecule has 0 unspecified atom stereocenters. The van der Waals surface area contributed by atoms with Crippen LogP contribution in [0.15, 0.2) is 77.4 Å². The molecule has 1 aliphatic heterocycles. The molecule has 1 N–H and O–H groups in total. The molecule has 3 aromatic rings. The van der Waals surface area contributed by atoms with Crippen LogP contribution in [0.3, 0.4) is 0 Å². The number of para-hydroxylation sites is 1. The lowest BCUT2D eigenvalue weighted by molar-refractivity contribution is 0.0903. The lowest BCUT2D eigenvalue weighted by Crippen LogP contribution is -2.40. The molecule has 1 aliphatic rings. The van der Waals surface area contributed by atoms with Gasteiger partial charge in [0.05, 0.1) is 6.26 Å². The van der Waals surface area contributed by atoms with Gasteiger partial charge in [-0.3, -0.25) is 9.69 Å². The molecule has 1 aromatic heterocycles. The molecular formula is C24H26N2O3. The van der Waals surface area contributed by atoms with E-state index in [2.05, 4.69) is 22.3 Å². The highest BCUT2D eigenvalue weighted by atomic mass is 16.5. The first-order valence-electron chi connectivity index (χ1n) is 10.1. The highest BCUT2D eigenvalue weighted by Gasteiger charge is 2.21. The molecule has 1 saturated heterocycles. The number of amides is 1. The normalized spacial score (nSPS) is 17.0. The smallest absolute Gasteiger partial charge is 0.286 e. The first-order chi connectivity index (χ1) is 14.3. The van der Waals surface area contributed by atoms with Crippen LogP contribution < -0.4 is 10.1 Å². The summed E-state index contributed by atoms with van der Waals surface area (Å²) in [4.78, 5) is 14.5. The molecule has 5 heteroatoms. The molecule has 0 bridgehead atoms. The molecule has 0 spiro atoms. The fourth-order valence-corrected chi connectivity index (χ4v) is 3.78. The van der Waals surface area contributed by atoms with Gasteiger partial charge in [0.15, 0.2) is 5.76 Å². The Balaban J connectivity index is 1.30. The van der Waals surface area contributed by atoms with Gasteiger partial charge in [0.25, 0.3) is 5.91 Å². The summed E-state index contributed by atoms with van der Waals surface area (Å²) >= 11 is 0. The van der Waals surface area contributed by atoms with Crippen LogP contribution in [0.4, 0.5) is 0 Å². The number of carbonyl (C=O) groups is 1. The number of nitrogens with zero attached hydrogens (tertiary/aromatic N) is 1. The van der Waals surface area contributed by atoms with E-state index in [1.54, 1.807) is 12.1 Å². The molecule has 0 aliphatic carbocycles. The number of furan rings is 1. The molecule has 4 rings (SSSR count). The number of piperidine rings is 1. The Hall–Kier alpha value is -3.05. The third-order valence-corrected chi connectivity index (χ3v) is 5.18. The molecule has 2 heterocycles. The van der Waals surface area contributed by atoms with Crippen molar-refractivity contribution in [3.8, 4) is 11.5 Å². The second kappa shape index (κ2) is 9.43. The zero-order chi connectivity index (χ0) is 19.9. The maximum Gasteiger partial charge on any atom is 0.286 e. The van der Waals surface area contributed by atoms with E-state index in [1.165, 1.54) is 11.8 Å². The van der Waals surface area contributed by atoms with Crippen LogP contribution in [0.1, 0.15) is 29.0 Å². The monoisotopic (exact) mass is 390 g/mol. The van der Waals surface area contributed by atoms with Crippen LogP contribution in [0, 0.1) is 5.92 Å². The van der Waals surface area contributed by atoms with E-state index in [1.807, 2.05) is 42.5 Å². The fourth-order valence-electron chi connectivity index (χ4n) is 3.78. The average Bonchev–Trinajstić information content (AvgIpc) is 3.28. The van der Waals surface area contributed by atoms with Crippen LogP contribution in [0.2, 0.25) is 0 Å². The molecule has 2 aromatic carbocycles. The van der Waals surface area contributed by atoms with Crippen molar-refractivity contribution >= 4 is 5.91 Å². The highest BCUT2D eigenvalue weighted by Crippen LogP contribution is 2.24. The summed E-state index contributed by atoms with van der Waals surface area (Å²) in [5.74, 6) is 2.38. The highest BCUT2D eigenvalue weighted by molar-refractivity contribution is 5.91. The van der Waals surface area contributed by atoms with Crippen molar-refractivity contribution < 1.29 is 13.9 Å². The number of ether oxygens (including phenoxy) is 1. The molecule has 0 radical (unpaired) electrons. The van der Waals surface area contributed by atoms with E-state index in [4.69, 9.17) is 9.15 Å². The summed E-state index contributed by atoms with van der Waals surface area (Å²) in [5.41, 5.74) is 1.23. The Morgan fingerprint density at radius 1 is 1.07 bits per heavy atom. The maximum absolute atomic E-state index is 12.1. The predicted molar refractivity (Wildman–Crippen MR) is 112 cm³/mol. The third-order valence-electron chi connectivity index (χ3n) is 5.18. The zero-order valence-corrected chi connectivity index (χ0v) is 16.4. The topological polar surface area (TPSA) is 54.7 Å². The fraction of sp³-hybridized carbons (Fsp3) is 0.292. The molecule has 0 saturated carbocycles. The van der Waals surface area contributed by atoms with Gasteiger partial charge >= 0.3 is 0 Å². The molecule has 150 valence electrons.